The Labute approximate surface area is 393 Å². The molecule has 13 rings (SSSR count). The van der Waals surface area contributed by atoms with Gasteiger partial charge in [0.1, 0.15) is 0 Å². The number of thiophene rings is 1. The maximum absolute atomic E-state index is 5.55. The maximum atomic E-state index is 5.55. The molecule has 0 unspecified atom stereocenters. The molecule has 3 heterocycles. The van der Waals surface area contributed by atoms with Gasteiger partial charge in [-0.3, -0.25) is 4.99 Å². The van der Waals surface area contributed by atoms with E-state index < -0.39 is 0 Å². The zero-order valence-corrected chi connectivity index (χ0v) is 38.0. The lowest BCUT2D eigenvalue weighted by molar-refractivity contribution is 1.01. The third-order valence-corrected chi connectivity index (χ3v) is 15.1. The van der Waals surface area contributed by atoms with Crippen LogP contribution in [0.2, 0.25) is 0 Å². The smallest absolute Gasteiger partial charge is 0.0659 e. The minimum absolute atomic E-state index is 0.593. The molecule has 0 aliphatic heterocycles. The molecule has 0 atom stereocenters. The van der Waals surface area contributed by atoms with Gasteiger partial charge in [0, 0.05) is 53.1 Å². The normalized spacial score (nSPS) is 13.2. The number of benzene rings is 9. The molecule has 9 aromatic carbocycles. The highest BCUT2D eigenvalue weighted by Crippen LogP contribution is 2.41. The molecule has 0 radical (unpaired) electrons. The van der Waals surface area contributed by atoms with Crippen molar-refractivity contribution in [2.24, 2.45) is 4.99 Å². The number of hydrogen-bond acceptors (Lipinski definition) is 2. The standard InChI is InChI=1S/C63H45N3S/c1-41(42-17-4-2-5-18-42)37-55(64-40-45-19-16-30-62-63(45)52-26-12-15-29-61(52)67-62)48-33-36-58(49-23-9-8-22-47(48)49)66-57-28-14-11-25-51(57)54-39-44(32-35-60(54)66)43-31-34-59-53(38-43)50-24-10-13-27-56(50)65(59)46-20-6-3-7-21-46/h2-14,16-28,30-39H,15,29,40H2,1H3/b41-37+,64-55?. The summed E-state index contributed by atoms with van der Waals surface area (Å²) in [5.41, 5.74) is 16.6. The lowest BCUT2D eigenvalue weighted by Gasteiger charge is -2.16. The zero-order valence-electron chi connectivity index (χ0n) is 37.2. The van der Waals surface area contributed by atoms with Gasteiger partial charge in [0.15, 0.2) is 0 Å². The van der Waals surface area contributed by atoms with Crippen LogP contribution in [0, 0.1) is 0 Å². The molecule has 1 aliphatic carbocycles. The van der Waals surface area contributed by atoms with Gasteiger partial charge in [-0.25, -0.2) is 0 Å². The van der Waals surface area contributed by atoms with Crippen LogP contribution in [-0.2, 0) is 13.0 Å². The van der Waals surface area contributed by atoms with Crippen molar-refractivity contribution in [2.45, 2.75) is 26.3 Å². The summed E-state index contributed by atoms with van der Waals surface area (Å²) in [6.45, 7) is 2.80. The van der Waals surface area contributed by atoms with Gasteiger partial charge in [0.05, 0.1) is 40.0 Å². The summed E-state index contributed by atoms with van der Waals surface area (Å²) < 4.78 is 6.20. The molecule has 67 heavy (non-hydrogen) atoms. The molecule has 0 saturated carbocycles. The first-order chi connectivity index (χ1) is 33.2. The average Bonchev–Trinajstić information content (AvgIpc) is 4.05. The number of rotatable bonds is 8. The van der Waals surface area contributed by atoms with E-state index in [2.05, 4.69) is 234 Å². The van der Waals surface area contributed by atoms with Crippen LogP contribution in [0.15, 0.2) is 217 Å². The second kappa shape index (κ2) is 16.1. The quantitative estimate of drug-likeness (QED) is 0.136. The Kier molecular flexibility index (Phi) is 9.47. The molecular weight excluding hydrogens is 831 g/mol. The van der Waals surface area contributed by atoms with Crippen molar-refractivity contribution in [1.82, 2.24) is 9.13 Å². The third kappa shape index (κ3) is 6.59. The van der Waals surface area contributed by atoms with Gasteiger partial charge >= 0.3 is 0 Å². The lowest BCUT2D eigenvalue weighted by Crippen LogP contribution is -2.04. The fraction of sp³-hybridized carbons (Fsp3) is 0.0635. The average molecular weight is 876 g/mol. The fourth-order valence-electron chi connectivity index (χ4n) is 10.7. The van der Waals surface area contributed by atoms with E-state index in [1.165, 1.54) is 108 Å². The van der Waals surface area contributed by atoms with E-state index in [1.54, 1.807) is 0 Å². The van der Waals surface area contributed by atoms with Crippen molar-refractivity contribution < 1.29 is 0 Å². The first-order valence-corrected chi connectivity index (χ1v) is 24.1. The largest absolute Gasteiger partial charge is 0.309 e. The molecule has 0 fully saturated rings. The first kappa shape index (κ1) is 39.3. The zero-order chi connectivity index (χ0) is 44.4. The number of nitrogens with zero attached hydrogens (tertiary/aromatic N) is 3. The van der Waals surface area contributed by atoms with Crippen molar-refractivity contribution in [3.8, 4) is 22.5 Å². The molecule has 3 aromatic heterocycles. The lowest BCUT2D eigenvalue weighted by atomic mass is 9.96. The van der Waals surface area contributed by atoms with Crippen LogP contribution in [0.5, 0.6) is 0 Å². The Morgan fingerprint density at radius 3 is 1.90 bits per heavy atom. The van der Waals surface area contributed by atoms with Gasteiger partial charge in [-0.1, -0.05) is 152 Å². The van der Waals surface area contributed by atoms with E-state index >= 15 is 0 Å². The Morgan fingerprint density at radius 1 is 0.552 bits per heavy atom. The third-order valence-electron chi connectivity index (χ3n) is 13.9. The molecule has 0 saturated heterocycles. The summed E-state index contributed by atoms with van der Waals surface area (Å²) >= 11 is 1.94. The van der Waals surface area contributed by atoms with Gasteiger partial charge in [0.2, 0.25) is 0 Å². The number of aryl methyl sites for hydroxylation is 1. The SMILES string of the molecule is C/C(=C\C(=NCc1cccc2sc3c(c12)C=CCC3)c1ccc(-n2c3ccccc3c3cc(-c4ccc5c(c4)c4ccccc4n5-c4ccccc4)ccc32)c2ccccc12)c1ccccc1. The molecular formula is C63H45N3S. The van der Waals surface area contributed by atoms with Crippen molar-refractivity contribution in [2.75, 3.05) is 0 Å². The predicted molar refractivity (Wildman–Crippen MR) is 288 cm³/mol. The molecule has 12 aromatic rings. The van der Waals surface area contributed by atoms with Crippen molar-refractivity contribution >= 4 is 93.2 Å². The Hall–Kier alpha value is -8.05. The molecule has 1 aliphatic rings. The summed E-state index contributed by atoms with van der Waals surface area (Å²) in [7, 11) is 0. The second-order valence-electron chi connectivity index (χ2n) is 17.7. The summed E-state index contributed by atoms with van der Waals surface area (Å²) in [6, 6.07) is 73.2. The number of aromatic nitrogens is 2. The topological polar surface area (TPSA) is 22.2 Å². The van der Waals surface area contributed by atoms with Crippen molar-refractivity contribution in [1.29, 1.82) is 0 Å². The molecule has 0 N–H and O–H groups in total. The van der Waals surface area contributed by atoms with E-state index in [9.17, 15) is 0 Å². The number of para-hydroxylation sites is 3. The molecule has 0 amide bonds. The predicted octanol–water partition coefficient (Wildman–Crippen LogP) is 17.0. The van der Waals surface area contributed by atoms with Crippen LogP contribution >= 0.6 is 11.3 Å². The van der Waals surface area contributed by atoms with Crippen molar-refractivity contribution in [3.63, 3.8) is 0 Å². The molecule has 318 valence electrons. The Balaban J connectivity index is 0.953. The summed E-state index contributed by atoms with van der Waals surface area (Å²) in [5.74, 6) is 0. The van der Waals surface area contributed by atoms with E-state index in [-0.39, 0.29) is 0 Å². The van der Waals surface area contributed by atoms with Crippen LogP contribution in [0.4, 0.5) is 0 Å². The summed E-state index contributed by atoms with van der Waals surface area (Å²) in [6.07, 6.45) is 9.17. The van der Waals surface area contributed by atoms with Crippen LogP contribution in [0.1, 0.15) is 40.5 Å². The van der Waals surface area contributed by atoms with Gasteiger partial charge < -0.3 is 9.13 Å². The van der Waals surface area contributed by atoms with Crippen LogP contribution < -0.4 is 0 Å². The fourth-order valence-corrected chi connectivity index (χ4v) is 11.9. The first-order valence-electron chi connectivity index (χ1n) is 23.3. The minimum atomic E-state index is 0.593. The van der Waals surface area contributed by atoms with Crippen molar-refractivity contribution in [3.05, 3.63) is 239 Å². The van der Waals surface area contributed by atoms with Gasteiger partial charge in [-0.15, -0.1) is 11.3 Å². The van der Waals surface area contributed by atoms with Crippen LogP contribution in [-0.4, -0.2) is 14.8 Å². The molecule has 0 spiro atoms. The summed E-state index contributed by atoms with van der Waals surface area (Å²) in [5, 5.41) is 8.69. The number of aliphatic imine (C=N–C) groups is 1. The Bertz CT molecular complexity index is 4010. The summed E-state index contributed by atoms with van der Waals surface area (Å²) in [4.78, 5) is 7.04. The number of hydrogen-bond donors (Lipinski definition) is 0. The van der Waals surface area contributed by atoms with E-state index in [0.717, 1.165) is 29.8 Å². The van der Waals surface area contributed by atoms with Gasteiger partial charge in [0.25, 0.3) is 0 Å². The van der Waals surface area contributed by atoms with E-state index in [0.29, 0.717) is 6.54 Å². The van der Waals surface area contributed by atoms with Gasteiger partial charge in [-0.2, -0.15) is 0 Å². The Morgan fingerprint density at radius 2 is 1.16 bits per heavy atom. The van der Waals surface area contributed by atoms with Gasteiger partial charge in [-0.05, 0) is 125 Å². The molecule has 0 bridgehead atoms. The highest BCUT2D eigenvalue weighted by atomic mass is 32.1. The maximum Gasteiger partial charge on any atom is 0.0659 e. The highest BCUT2D eigenvalue weighted by molar-refractivity contribution is 7.19. The second-order valence-corrected chi connectivity index (χ2v) is 18.9. The molecule has 3 nitrogen and oxygen atoms in total. The number of allylic oxidation sites excluding steroid dienone is 3. The highest BCUT2D eigenvalue weighted by Gasteiger charge is 2.20. The monoisotopic (exact) mass is 875 g/mol. The van der Waals surface area contributed by atoms with E-state index in [1.807, 2.05) is 11.3 Å². The van der Waals surface area contributed by atoms with Crippen LogP contribution in [0.25, 0.3) is 98.6 Å². The minimum Gasteiger partial charge on any atom is -0.309 e. The van der Waals surface area contributed by atoms with E-state index in [4.69, 9.17) is 4.99 Å². The van der Waals surface area contributed by atoms with Crippen LogP contribution in [0.3, 0.4) is 0 Å². The number of fused-ring (bicyclic) bond motifs is 10. The molecule has 4 heteroatoms.